The maximum atomic E-state index is 11.4. The number of aromatic nitrogens is 1. The molecular formula is C13H11Cl2NO3. The first kappa shape index (κ1) is 13.9. The fourth-order valence-corrected chi connectivity index (χ4v) is 2.15. The maximum Gasteiger partial charge on any atom is 0.341 e. The largest absolute Gasteiger partial charge is 0.477 e. The molecule has 0 aliphatic heterocycles. The highest BCUT2D eigenvalue weighted by Gasteiger charge is 2.26. The van der Waals surface area contributed by atoms with Gasteiger partial charge in [0.1, 0.15) is 11.3 Å². The first-order valence-corrected chi connectivity index (χ1v) is 6.35. The lowest BCUT2D eigenvalue weighted by Crippen LogP contribution is -2.02. The first-order valence-electron chi connectivity index (χ1n) is 5.60. The summed E-state index contributed by atoms with van der Waals surface area (Å²) in [6, 6.07) is 4.78. The molecule has 2 aromatic rings. The molecule has 0 saturated carbocycles. The van der Waals surface area contributed by atoms with Crippen LogP contribution >= 0.6 is 23.2 Å². The van der Waals surface area contributed by atoms with E-state index in [-0.39, 0.29) is 17.2 Å². The summed E-state index contributed by atoms with van der Waals surface area (Å²) in [5.74, 6) is -0.875. The van der Waals surface area contributed by atoms with Crippen molar-refractivity contribution in [1.29, 1.82) is 0 Å². The van der Waals surface area contributed by atoms with Gasteiger partial charge in [0, 0.05) is 16.5 Å². The van der Waals surface area contributed by atoms with Gasteiger partial charge in [-0.05, 0) is 18.2 Å². The predicted molar refractivity (Wildman–Crippen MR) is 73.0 cm³/mol. The minimum Gasteiger partial charge on any atom is -0.477 e. The zero-order valence-electron chi connectivity index (χ0n) is 10.3. The molecule has 19 heavy (non-hydrogen) atoms. The fourth-order valence-electron chi connectivity index (χ4n) is 1.77. The zero-order valence-corrected chi connectivity index (χ0v) is 11.8. The van der Waals surface area contributed by atoms with Gasteiger partial charge in [-0.25, -0.2) is 4.79 Å². The molecule has 0 amide bonds. The highest BCUT2D eigenvalue weighted by atomic mass is 35.5. The third-order valence-electron chi connectivity index (χ3n) is 2.64. The second kappa shape index (κ2) is 5.23. The average Bonchev–Trinajstić information content (AvgIpc) is 2.76. The topological polar surface area (TPSA) is 63.3 Å². The van der Waals surface area contributed by atoms with Gasteiger partial charge in [0.25, 0.3) is 0 Å². The van der Waals surface area contributed by atoms with Crippen molar-refractivity contribution in [2.24, 2.45) is 0 Å². The summed E-state index contributed by atoms with van der Waals surface area (Å²) in [6.07, 6.45) is 0. The molecule has 0 aliphatic carbocycles. The molecule has 0 radical (unpaired) electrons. The third kappa shape index (κ3) is 2.60. The van der Waals surface area contributed by atoms with E-state index in [1.807, 2.05) is 13.8 Å². The van der Waals surface area contributed by atoms with Crippen LogP contribution in [-0.4, -0.2) is 16.2 Å². The minimum absolute atomic E-state index is 0.0270. The summed E-state index contributed by atoms with van der Waals surface area (Å²) in [6.45, 7) is 3.66. The second-order valence-corrected chi connectivity index (χ2v) is 5.20. The Morgan fingerprint density at radius 1 is 1.37 bits per heavy atom. The van der Waals surface area contributed by atoms with Crippen molar-refractivity contribution < 1.29 is 14.4 Å². The van der Waals surface area contributed by atoms with Crippen molar-refractivity contribution in [3.8, 4) is 11.3 Å². The van der Waals surface area contributed by atoms with Crippen molar-refractivity contribution in [3.05, 3.63) is 39.6 Å². The molecule has 6 heteroatoms. The zero-order chi connectivity index (χ0) is 14.2. The lowest BCUT2D eigenvalue weighted by atomic mass is 10.0. The van der Waals surface area contributed by atoms with Crippen LogP contribution in [0.1, 0.15) is 35.9 Å². The van der Waals surface area contributed by atoms with Crippen LogP contribution in [-0.2, 0) is 0 Å². The summed E-state index contributed by atoms with van der Waals surface area (Å²) in [5.41, 5.74) is 0.671. The molecule has 4 nitrogen and oxygen atoms in total. The molecule has 0 aliphatic rings. The molecule has 0 bridgehead atoms. The Labute approximate surface area is 119 Å². The molecule has 1 N–H and O–H groups in total. The minimum atomic E-state index is -1.10. The molecule has 1 aromatic heterocycles. The van der Waals surface area contributed by atoms with Crippen LogP contribution in [0.4, 0.5) is 0 Å². The molecule has 1 aromatic carbocycles. The van der Waals surface area contributed by atoms with Gasteiger partial charge in [0.2, 0.25) is 0 Å². The Hall–Kier alpha value is -1.52. The highest BCUT2D eigenvalue weighted by molar-refractivity contribution is 6.35. The highest BCUT2D eigenvalue weighted by Crippen LogP contribution is 2.35. The number of carboxylic acids is 1. The Bertz CT molecular complexity index is 635. The predicted octanol–water partition coefficient (Wildman–Crippen LogP) is 4.47. The van der Waals surface area contributed by atoms with E-state index in [1.54, 1.807) is 18.2 Å². The number of aromatic carboxylic acids is 1. The number of rotatable bonds is 3. The van der Waals surface area contributed by atoms with E-state index < -0.39 is 5.97 Å². The molecule has 1 heterocycles. The van der Waals surface area contributed by atoms with Crippen LogP contribution in [0.25, 0.3) is 11.3 Å². The summed E-state index contributed by atoms with van der Waals surface area (Å²) in [7, 11) is 0. The Balaban J connectivity index is 2.69. The maximum absolute atomic E-state index is 11.4. The van der Waals surface area contributed by atoms with Crippen molar-refractivity contribution in [3.63, 3.8) is 0 Å². The summed E-state index contributed by atoms with van der Waals surface area (Å²) in [5, 5.41) is 14.0. The third-order valence-corrected chi connectivity index (χ3v) is 3.20. The number of carboxylic acid groups (broad SMARTS) is 1. The van der Waals surface area contributed by atoms with Gasteiger partial charge in [-0.15, -0.1) is 0 Å². The van der Waals surface area contributed by atoms with E-state index in [9.17, 15) is 9.90 Å². The average molecular weight is 300 g/mol. The summed E-state index contributed by atoms with van der Waals surface area (Å²) in [4.78, 5) is 11.4. The monoisotopic (exact) mass is 299 g/mol. The van der Waals surface area contributed by atoms with E-state index >= 15 is 0 Å². The van der Waals surface area contributed by atoms with Gasteiger partial charge in [-0.3, -0.25) is 0 Å². The lowest BCUT2D eigenvalue weighted by molar-refractivity contribution is 0.0694. The standard InChI is InChI=1S/C13H11Cl2NO3/c1-6(2)12-10(13(17)18)11(16-19-12)8-5-7(14)3-4-9(8)15/h3-6H,1-2H3,(H,17,18). The number of halogens is 2. The summed E-state index contributed by atoms with van der Waals surface area (Å²) >= 11 is 12.0. The number of benzene rings is 1. The smallest absolute Gasteiger partial charge is 0.341 e. The lowest BCUT2D eigenvalue weighted by Gasteiger charge is -2.04. The number of hydrogen-bond acceptors (Lipinski definition) is 3. The molecule has 100 valence electrons. The molecule has 0 atom stereocenters. The van der Waals surface area contributed by atoms with E-state index in [4.69, 9.17) is 27.7 Å². The van der Waals surface area contributed by atoms with Gasteiger partial charge in [0.05, 0.1) is 5.02 Å². The fraction of sp³-hybridized carbons (Fsp3) is 0.231. The Morgan fingerprint density at radius 2 is 2.05 bits per heavy atom. The van der Waals surface area contributed by atoms with Crippen LogP contribution in [0.3, 0.4) is 0 Å². The van der Waals surface area contributed by atoms with Gasteiger partial charge in [-0.1, -0.05) is 42.2 Å². The molecule has 0 fully saturated rings. The van der Waals surface area contributed by atoms with Crippen LogP contribution in [0.15, 0.2) is 22.7 Å². The summed E-state index contributed by atoms with van der Waals surface area (Å²) < 4.78 is 5.14. The first-order chi connectivity index (χ1) is 8.91. The Kier molecular flexibility index (Phi) is 3.83. The van der Waals surface area contributed by atoms with Gasteiger partial charge in [-0.2, -0.15) is 0 Å². The van der Waals surface area contributed by atoms with E-state index in [2.05, 4.69) is 5.16 Å². The van der Waals surface area contributed by atoms with Crippen molar-refractivity contribution in [2.45, 2.75) is 19.8 Å². The van der Waals surface area contributed by atoms with Crippen molar-refractivity contribution in [2.75, 3.05) is 0 Å². The van der Waals surface area contributed by atoms with Crippen LogP contribution < -0.4 is 0 Å². The van der Waals surface area contributed by atoms with E-state index in [0.717, 1.165) is 0 Å². The van der Waals surface area contributed by atoms with Gasteiger partial charge < -0.3 is 9.63 Å². The quantitative estimate of drug-likeness (QED) is 0.908. The number of hydrogen-bond donors (Lipinski definition) is 1. The SMILES string of the molecule is CC(C)c1onc(-c2cc(Cl)ccc2Cl)c1C(=O)O. The second-order valence-electron chi connectivity index (χ2n) is 4.35. The van der Waals surface area contributed by atoms with Crippen molar-refractivity contribution in [1.82, 2.24) is 5.16 Å². The van der Waals surface area contributed by atoms with Crippen LogP contribution in [0.5, 0.6) is 0 Å². The molecular weight excluding hydrogens is 289 g/mol. The van der Waals surface area contributed by atoms with E-state index in [1.165, 1.54) is 0 Å². The normalized spacial score (nSPS) is 11.0. The van der Waals surface area contributed by atoms with Gasteiger partial charge >= 0.3 is 5.97 Å². The Morgan fingerprint density at radius 3 is 2.63 bits per heavy atom. The molecule has 0 spiro atoms. The van der Waals surface area contributed by atoms with Crippen LogP contribution in [0.2, 0.25) is 10.0 Å². The molecule has 2 rings (SSSR count). The van der Waals surface area contributed by atoms with Crippen LogP contribution in [0, 0.1) is 0 Å². The molecule has 0 saturated heterocycles. The number of carbonyl (C=O) groups is 1. The van der Waals surface area contributed by atoms with E-state index in [0.29, 0.717) is 21.4 Å². The number of nitrogens with zero attached hydrogens (tertiary/aromatic N) is 1. The molecule has 0 unspecified atom stereocenters. The van der Waals surface area contributed by atoms with Gasteiger partial charge in [0.15, 0.2) is 5.76 Å². The van der Waals surface area contributed by atoms with Crippen molar-refractivity contribution >= 4 is 29.2 Å².